The standard InChI is InChI=1S/C14H15BrO2/c15-11-6-14(7-11)8-12(9-14)17-13(16)10-4-2-1-3-5-10/h1-5,11-12H,6-9H2. The number of hydrogen-bond donors (Lipinski definition) is 0. The van der Waals surface area contributed by atoms with Crippen molar-refractivity contribution in [1.82, 2.24) is 0 Å². The molecule has 3 rings (SSSR count). The Bertz CT molecular complexity index is 415. The van der Waals surface area contributed by atoms with Crippen molar-refractivity contribution < 1.29 is 9.53 Å². The molecule has 2 aliphatic rings. The maximum atomic E-state index is 11.8. The van der Waals surface area contributed by atoms with Crippen LogP contribution in [-0.2, 0) is 4.74 Å². The third-order valence-electron chi connectivity index (χ3n) is 3.91. The van der Waals surface area contributed by atoms with Crippen molar-refractivity contribution in [2.75, 3.05) is 0 Å². The second-order valence-corrected chi connectivity index (χ2v) is 6.60. The van der Waals surface area contributed by atoms with Crippen molar-refractivity contribution in [3.8, 4) is 0 Å². The third kappa shape index (κ3) is 2.13. The topological polar surface area (TPSA) is 26.3 Å². The minimum Gasteiger partial charge on any atom is -0.459 e. The molecule has 3 heteroatoms. The molecule has 1 aromatic rings. The van der Waals surface area contributed by atoms with Crippen LogP contribution in [0.5, 0.6) is 0 Å². The zero-order chi connectivity index (χ0) is 11.9. The number of halogens is 1. The third-order valence-corrected chi connectivity index (χ3v) is 4.56. The molecule has 90 valence electrons. The summed E-state index contributed by atoms with van der Waals surface area (Å²) in [5, 5.41) is 0. The molecule has 2 nitrogen and oxygen atoms in total. The minimum atomic E-state index is -0.180. The van der Waals surface area contributed by atoms with Crippen LogP contribution in [0.2, 0.25) is 0 Å². The fourth-order valence-electron chi connectivity index (χ4n) is 3.00. The van der Waals surface area contributed by atoms with Crippen molar-refractivity contribution in [1.29, 1.82) is 0 Å². The second kappa shape index (κ2) is 4.13. The smallest absolute Gasteiger partial charge is 0.338 e. The van der Waals surface area contributed by atoms with E-state index in [4.69, 9.17) is 4.74 Å². The van der Waals surface area contributed by atoms with Crippen LogP contribution in [0.25, 0.3) is 0 Å². The summed E-state index contributed by atoms with van der Waals surface area (Å²) in [6, 6.07) is 9.23. The van der Waals surface area contributed by atoms with Crippen LogP contribution in [0, 0.1) is 5.41 Å². The molecule has 0 atom stereocenters. The van der Waals surface area contributed by atoms with Gasteiger partial charge in [0.25, 0.3) is 0 Å². The highest BCUT2D eigenvalue weighted by molar-refractivity contribution is 9.09. The first kappa shape index (κ1) is 11.3. The molecular weight excluding hydrogens is 280 g/mol. The average molecular weight is 295 g/mol. The van der Waals surface area contributed by atoms with Gasteiger partial charge in [0.2, 0.25) is 0 Å². The fourth-order valence-corrected chi connectivity index (χ4v) is 4.37. The molecule has 0 unspecified atom stereocenters. The van der Waals surface area contributed by atoms with E-state index in [0.29, 0.717) is 15.8 Å². The molecule has 2 aliphatic carbocycles. The van der Waals surface area contributed by atoms with Gasteiger partial charge in [0, 0.05) is 4.83 Å². The minimum absolute atomic E-state index is 0.141. The van der Waals surface area contributed by atoms with Crippen LogP contribution < -0.4 is 0 Å². The van der Waals surface area contributed by atoms with Gasteiger partial charge in [-0.3, -0.25) is 0 Å². The second-order valence-electron chi connectivity index (χ2n) is 5.31. The molecule has 0 heterocycles. The monoisotopic (exact) mass is 294 g/mol. The lowest BCUT2D eigenvalue weighted by atomic mass is 9.55. The molecule has 0 radical (unpaired) electrons. The maximum Gasteiger partial charge on any atom is 0.338 e. The Morgan fingerprint density at radius 2 is 1.82 bits per heavy atom. The van der Waals surface area contributed by atoms with Crippen LogP contribution in [0.1, 0.15) is 36.0 Å². The molecule has 17 heavy (non-hydrogen) atoms. The lowest BCUT2D eigenvalue weighted by molar-refractivity contribution is -0.0876. The van der Waals surface area contributed by atoms with Crippen LogP contribution in [0.15, 0.2) is 30.3 Å². The Balaban J connectivity index is 1.52. The molecule has 0 aromatic heterocycles. The molecule has 0 saturated heterocycles. The zero-order valence-corrected chi connectivity index (χ0v) is 11.2. The highest BCUT2D eigenvalue weighted by Crippen LogP contribution is 2.58. The number of benzene rings is 1. The van der Waals surface area contributed by atoms with Crippen molar-refractivity contribution in [3.63, 3.8) is 0 Å². The van der Waals surface area contributed by atoms with Crippen LogP contribution in [0.3, 0.4) is 0 Å². The average Bonchev–Trinajstić information content (AvgIpc) is 2.25. The van der Waals surface area contributed by atoms with E-state index in [1.165, 1.54) is 12.8 Å². The summed E-state index contributed by atoms with van der Waals surface area (Å²) in [7, 11) is 0. The summed E-state index contributed by atoms with van der Waals surface area (Å²) in [6.45, 7) is 0. The van der Waals surface area contributed by atoms with Gasteiger partial charge in [-0.2, -0.15) is 0 Å². The maximum absolute atomic E-state index is 11.8. The highest BCUT2D eigenvalue weighted by atomic mass is 79.9. The number of carbonyl (C=O) groups excluding carboxylic acids is 1. The summed E-state index contributed by atoms with van der Waals surface area (Å²) in [6.07, 6.45) is 4.72. The van der Waals surface area contributed by atoms with Crippen LogP contribution in [0.4, 0.5) is 0 Å². The van der Waals surface area contributed by atoms with E-state index in [1.54, 1.807) is 12.1 Å². The van der Waals surface area contributed by atoms with Gasteiger partial charge in [-0.15, -0.1) is 0 Å². The molecule has 0 amide bonds. The van der Waals surface area contributed by atoms with E-state index < -0.39 is 0 Å². The highest BCUT2D eigenvalue weighted by Gasteiger charge is 2.53. The largest absolute Gasteiger partial charge is 0.459 e. The van der Waals surface area contributed by atoms with Gasteiger partial charge in [0.1, 0.15) is 6.10 Å². The number of esters is 1. The summed E-state index contributed by atoms with van der Waals surface area (Å²) < 4.78 is 5.48. The SMILES string of the molecule is O=C(OC1CC2(CC(Br)C2)C1)c1ccccc1. The lowest BCUT2D eigenvalue weighted by Crippen LogP contribution is -2.51. The summed E-state index contributed by atoms with van der Waals surface area (Å²) in [4.78, 5) is 12.5. The first-order valence-electron chi connectivity index (χ1n) is 6.07. The number of alkyl halides is 1. The molecule has 2 saturated carbocycles. The Morgan fingerprint density at radius 1 is 1.18 bits per heavy atom. The summed E-state index contributed by atoms with van der Waals surface area (Å²) in [5.74, 6) is -0.180. The number of carbonyl (C=O) groups is 1. The van der Waals surface area contributed by atoms with Gasteiger partial charge in [0.15, 0.2) is 0 Å². The fraction of sp³-hybridized carbons (Fsp3) is 0.500. The zero-order valence-electron chi connectivity index (χ0n) is 9.56. The van der Waals surface area contributed by atoms with E-state index in [0.717, 1.165) is 12.8 Å². The number of hydrogen-bond acceptors (Lipinski definition) is 2. The Morgan fingerprint density at radius 3 is 2.41 bits per heavy atom. The first-order valence-corrected chi connectivity index (χ1v) is 6.99. The predicted octanol–water partition coefficient (Wildman–Crippen LogP) is 3.55. The van der Waals surface area contributed by atoms with Gasteiger partial charge in [-0.1, -0.05) is 34.1 Å². The van der Waals surface area contributed by atoms with Gasteiger partial charge >= 0.3 is 5.97 Å². The Kier molecular flexibility index (Phi) is 2.74. The van der Waals surface area contributed by atoms with E-state index in [2.05, 4.69) is 15.9 Å². The van der Waals surface area contributed by atoms with Crippen molar-refractivity contribution in [2.24, 2.45) is 5.41 Å². The molecule has 0 bridgehead atoms. The molecule has 1 spiro atoms. The first-order chi connectivity index (χ1) is 8.17. The quantitative estimate of drug-likeness (QED) is 0.616. The van der Waals surface area contributed by atoms with Gasteiger partial charge in [-0.05, 0) is 43.2 Å². The van der Waals surface area contributed by atoms with E-state index in [-0.39, 0.29) is 12.1 Å². The van der Waals surface area contributed by atoms with Gasteiger partial charge < -0.3 is 4.74 Å². The van der Waals surface area contributed by atoms with E-state index in [9.17, 15) is 4.79 Å². The van der Waals surface area contributed by atoms with Gasteiger partial charge in [-0.25, -0.2) is 4.79 Å². The van der Waals surface area contributed by atoms with E-state index in [1.807, 2.05) is 18.2 Å². The summed E-state index contributed by atoms with van der Waals surface area (Å²) in [5.41, 5.74) is 1.15. The predicted molar refractivity (Wildman–Crippen MR) is 69.3 cm³/mol. The number of ether oxygens (including phenoxy) is 1. The molecule has 2 fully saturated rings. The lowest BCUT2D eigenvalue weighted by Gasteiger charge is -2.55. The van der Waals surface area contributed by atoms with Crippen LogP contribution in [-0.4, -0.2) is 16.9 Å². The van der Waals surface area contributed by atoms with Crippen molar-refractivity contribution in [3.05, 3.63) is 35.9 Å². The van der Waals surface area contributed by atoms with Crippen molar-refractivity contribution >= 4 is 21.9 Å². The normalized spacial score (nSPS) is 34.9. The number of rotatable bonds is 2. The summed E-state index contributed by atoms with van der Waals surface area (Å²) >= 11 is 3.61. The Labute approximate surface area is 109 Å². The van der Waals surface area contributed by atoms with Crippen LogP contribution >= 0.6 is 15.9 Å². The molecule has 0 N–H and O–H groups in total. The van der Waals surface area contributed by atoms with Gasteiger partial charge in [0.05, 0.1) is 5.56 Å². The van der Waals surface area contributed by atoms with E-state index >= 15 is 0 Å². The van der Waals surface area contributed by atoms with Crippen molar-refractivity contribution in [2.45, 2.75) is 36.6 Å². The molecular formula is C14H15BrO2. The molecule has 0 aliphatic heterocycles. The Hall–Kier alpha value is -0.830. The molecule has 1 aromatic carbocycles.